The Morgan fingerprint density at radius 2 is 2.04 bits per heavy atom. The zero-order valence-electron chi connectivity index (χ0n) is 12.9. The smallest absolute Gasteiger partial charge is 0.307 e. The van der Waals surface area contributed by atoms with Crippen molar-refractivity contribution in [3.8, 4) is 5.75 Å². The van der Waals surface area contributed by atoms with Crippen LogP contribution in [0.25, 0.3) is 11.0 Å². The third-order valence-electron chi connectivity index (χ3n) is 3.52. The normalized spacial score (nSPS) is 11.0. The largest absolute Gasteiger partial charge is 0.497 e. The highest BCUT2D eigenvalue weighted by Gasteiger charge is 2.16. The fourth-order valence-electron chi connectivity index (χ4n) is 2.33. The van der Waals surface area contributed by atoms with Gasteiger partial charge in [-0.3, -0.25) is 4.79 Å². The van der Waals surface area contributed by atoms with E-state index in [1.165, 1.54) is 0 Å². The van der Waals surface area contributed by atoms with Crippen LogP contribution in [0.4, 0.5) is 0 Å². The molecule has 1 N–H and O–H groups in total. The van der Waals surface area contributed by atoms with E-state index in [-0.39, 0.29) is 11.7 Å². The quantitative estimate of drug-likeness (QED) is 0.592. The predicted molar refractivity (Wildman–Crippen MR) is 89.0 cm³/mol. The van der Waals surface area contributed by atoms with E-state index in [4.69, 9.17) is 9.15 Å². The van der Waals surface area contributed by atoms with E-state index in [1.807, 2.05) is 55.5 Å². The lowest BCUT2D eigenvalue weighted by Gasteiger charge is -2.00. The predicted octanol–water partition coefficient (Wildman–Crippen LogP) is 3.51. The number of rotatable bonds is 4. The summed E-state index contributed by atoms with van der Waals surface area (Å²) < 4.78 is 10.7. The van der Waals surface area contributed by atoms with Gasteiger partial charge in [0, 0.05) is 10.9 Å². The summed E-state index contributed by atoms with van der Waals surface area (Å²) in [5, 5.41) is 4.89. The first-order valence-corrected chi connectivity index (χ1v) is 7.14. The zero-order chi connectivity index (χ0) is 16.2. The third kappa shape index (κ3) is 3.08. The van der Waals surface area contributed by atoms with Crippen molar-refractivity contribution in [3.05, 3.63) is 65.4 Å². The highest BCUT2D eigenvalue weighted by Crippen LogP contribution is 2.24. The number of amides is 1. The molecule has 3 aromatic rings. The molecule has 0 aliphatic heterocycles. The van der Waals surface area contributed by atoms with E-state index in [0.29, 0.717) is 5.58 Å². The zero-order valence-corrected chi connectivity index (χ0v) is 12.9. The summed E-state index contributed by atoms with van der Waals surface area (Å²) in [5.41, 5.74) is 4.80. The van der Waals surface area contributed by atoms with Crippen LogP contribution >= 0.6 is 0 Å². The lowest BCUT2D eigenvalue weighted by Crippen LogP contribution is -2.17. The number of carbonyl (C=O) groups is 1. The second-order valence-corrected chi connectivity index (χ2v) is 5.03. The van der Waals surface area contributed by atoms with Gasteiger partial charge >= 0.3 is 5.91 Å². The number of nitrogens with one attached hydrogen (secondary N) is 1. The van der Waals surface area contributed by atoms with Gasteiger partial charge in [0.05, 0.1) is 13.3 Å². The molecule has 0 spiro atoms. The Morgan fingerprint density at radius 1 is 1.22 bits per heavy atom. The average molecular weight is 308 g/mol. The number of fused-ring (bicyclic) bond motifs is 1. The molecular formula is C18H16N2O3. The van der Waals surface area contributed by atoms with E-state index in [9.17, 15) is 4.79 Å². The molecule has 1 heterocycles. The highest BCUT2D eigenvalue weighted by molar-refractivity contribution is 5.99. The van der Waals surface area contributed by atoms with Crippen LogP contribution < -0.4 is 10.2 Å². The second-order valence-electron chi connectivity index (χ2n) is 5.03. The fourth-order valence-corrected chi connectivity index (χ4v) is 2.33. The van der Waals surface area contributed by atoms with Crippen molar-refractivity contribution in [2.45, 2.75) is 6.92 Å². The molecule has 0 bridgehead atoms. The molecule has 5 heteroatoms. The molecular weight excluding hydrogens is 292 g/mol. The molecule has 23 heavy (non-hydrogen) atoms. The molecule has 0 fully saturated rings. The number of hydrogen-bond acceptors (Lipinski definition) is 4. The van der Waals surface area contributed by atoms with Crippen molar-refractivity contribution >= 4 is 23.1 Å². The Bertz CT molecular complexity index is 881. The van der Waals surface area contributed by atoms with Gasteiger partial charge in [-0.25, -0.2) is 5.43 Å². The molecule has 1 aromatic heterocycles. The number of benzene rings is 2. The van der Waals surface area contributed by atoms with Crippen LogP contribution in [0.1, 0.15) is 21.7 Å². The van der Waals surface area contributed by atoms with Gasteiger partial charge in [0.2, 0.25) is 0 Å². The highest BCUT2D eigenvalue weighted by atomic mass is 16.5. The summed E-state index contributed by atoms with van der Waals surface area (Å²) in [6, 6.07) is 14.9. The van der Waals surface area contributed by atoms with E-state index in [0.717, 1.165) is 22.3 Å². The third-order valence-corrected chi connectivity index (χ3v) is 3.52. The first-order valence-electron chi connectivity index (χ1n) is 7.14. The molecule has 0 aliphatic rings. The van der Waals surface area contributed by atoms with Crippen molar-refractivity contribution in [2.75, 3.05) is 7.11 Å². The molecule has 0 saturated heterocycles. The Morgan fingerprint density at radius 3 is 2.83 bits per heavy atom. The Labute approximate surface area is 133 Å². The number of carbonyl (C=O) groups excluding carboxylic acids is 1. The van der Waals surface area contributed by atoms with Gasteiger partial charge in [0.1, 0.15) is 11.3 Å². The van der Waals surface area contributed by atoms with Crippen molar-refractivity contribution in [1.82, 2.24) is 5.43 Å². The number of aryl methyl sites for hydroxylation is 1. The molecule has 1 amide bonds. The number of methoxy groups -OCH3 is 1. The lowest BCUT2D eigenvalue weighted by molar-refractivity contribution is 0.0929. The maximum atomic E-state index is 12.2. The Kier molecular flexibility index (Phi) is 4.10. The molecule has 116 valence electrons. The van der Waals surface area contributed by atoms with Crippen molar-refractivity contribution in [3.63, 3.8) is 0 Å². The van der Waals surface area contributed by atoms with Crippen LogP contribution in [0, 0.1) is 6.92 Å². The molecule has 3 rings (SSSR count). The van der Waals surface area contributed by atoms with Crippen LogP contribution in [-0.2, 0) is 0 Å². The number of hydrazone groups is 1. The Hall–Kier alpha value is -3.08. The van der Waals surface area contributed by atoms with Gasteiger partial charge in [-0.05, 0) is 30.7 Å². The second kappa shape index (κ2) is 6.36. The summed E-state index contributed by atoms with van der Waals surface area (Å²) in [6.45, 7) is 1.85. The van der Waals surface area contributed by atoms with E-state index in [2.05, 4.69) is 10.5 Å². The van der Waals surface area contributed by atoms with Crippen molar-refractivity contribution in [2.24, 2.45) is 5.10 Å². The average Bonchev–Trinajstić information content (AvgIpc) is 2.92. The lowest BCUT2D eigenvalue weighted by atomic mass is 10.1. The van der Waals surface area contributed by atoms with Crippen molar-refractivity contribution < 1.29 is 13.9 Å². The van der Waals surface area contributed by atoms with Crippen LogP contribution in [0.3, 0.4) is 0 Å². The first-order chi connectivity index (χ1) is 11.2. The summed E-state index contributed by atoms with van der Waals surface area (Å²) in [7, 11) is 1.60. The molecule has 2 aromatic carbocycles. The topological polar surface area (TPSA) is 63.8 Å². The van der Waals surface area contributed by atoms with E-state index >= 15 is 0 Å². The van der Waals surface area contributed by atoms with Crippen LogP contribution in [0.15, 0.2) is 58.0 Å². The number of nitrogens with zero attached hydrogens (tertiary/aromatic N) is 1. The SMILES string of the molecule is COc1cccc(/C=N\NC(=O)c2oc3ccccc3c2C)c1. The maximum absolute atomic E-state index is 12.2. The molecule has 0 aliphatic carbocycles. The number of ether oxygens (including phenoxy) is 1. The summed E-state index contributed by atoms with van der Waals surface area (Å²) in [5.74, 6) is 0.625. The summed E-state index contributed by atoms with van der Waals surface area (Å²) in [6.07, 6.45) is 1.55. The maximum Gasteiger partial charge on any atom is 0.307 e. The van der Waals surface area contributed by atoms with Gasteiger partial charge < -0.3 is 9.15 Å². The minimum absolute atomic E-state index is 0.272. The van der Waals surface area contributed by atoms with Gasteiger partial charge in [0.15, 0.2) is 5.76 Å². The first kappa shape index (κ1) is 14.8. The van der Waals surface area contributed by atoms with Gasteiger partial charge in [0.25, 0.3) is 0 Å². The van der Waals surface area contributed by atoms with Crippen molar-refractivity contribution in [1.29, 1.82) is 0 Å². The van der Waals surface area contributed by atoms with Gasteiger partial charge in [-0.1, -0.05) is 30.3 Å². The standard InChI is InChI=1S/C18H16N2O3/c1-12-15-8-3-4-9-16(15)23-17(12)18(21)20-19-11-13-6-5-7-14(10-13)22-2/h3-11H,1-2H3,(H,20,21)/b19-11-. The minimum atomic E-state index is -0.377. The molecule has 0 atom stereocenters. The fraction of sp³-hybridized carbons (Fsp3) is 0.111. The van der Waals surface area contributed by atoms with Crippen LogP contribution in [-0.4, -0.2) is 19.2 Å². The van der Waals surface area contributed by atoms with E-state index < -0.39 is 0 Å². The van der Waals surface area contributed by atoms with Gasteiger partial charge in [-0.2, -0.15) is 5.10 Å². The molecule has 0 saturated carbocycles. The van der Waals surface area contributed by atoms with Gasteiger partial charge in [-0.15, -0.1) is 0 Å². The minimum Gasteiger partial charge on any atom is -0.497 e. The van der Waals surface area contributed by atoms with E-state index in [1.54, 1.807) is 13.3 Å². The van der Waals surface area contributed by atoms with Crippen LogP contribution in [0.2, 0.25) is 0 Å². The molecule has 0 radical (unpaired) electrons. The number of para-hydroxylation sites is 1. The monoisotopic (exact) mass is 308 g/mol. The number of hydrogen-bond donors (Lipinski definition) is 1. The number of furan rings is 1. The van der Waals surface area contributed by atoms with Crippen LogP contribution in [0.5, 0.6) is 5.75 Å². The molecule has 5 nitrogen and oxygen atoms in total. The summed E-state index contributed by atoms with van der Waals surface area (Å²) >= 11 is 0. The Balaban J connectivity index is 1.75. The molecule has 0 unspecified atom stereocenters. The summed E-state index contributed by atoms with van der Waals surface area (Å²) in [4.78, 5) is 12.2.